The van der Waals surface area contributed by atoms with E-state index in [0.717, 1.165) is 30.3 Å². The fourth-order valence-corrected chi connectivity index (χ4v) is 2.63. The number of hydrogen-bond donors (Lipinski definition) is 6. The second-order valence-electron chi connectivity index (χ2n) is 6.23. The highest BCUT2D eigenvalue weighted by atomic mass is 16.6. The molecule has 0 aliphatic heterocycles. The number of nitro groups is 2. The van der Waals surface area contributed by atoms with Crippen LogP contribution in [0.25, 0.3) is 0 Å². The van der Waals surface area contributed by atoms with Gasteiger partial charge in [-0.05, 0) is 23.2 Å². The highest BCUT2D eigenvalue weighted by molar-refractivity contribution is 6.58. The maximum Gasteiger partial charge on any atom is 0.488 e. The number of hydroxylamine groups is 1. The van der Waals surface area contributed by atoms with E-state index in [9.17, 15) is 45.0 Å². The molecular formula is C16H15BN4O10. The Morgan fingerprint density at radius 2 is 1.74 bits per heavy atom. The Labute approximate surface area is 173 Å². The van der Waals surface area contributed by atoms with Crippen LogP contribution >= 0.6 is 0 Å². The molecule has 0 fully saturated rings. The van der Waals surface area contributed by atoms with E-state index in [-0.39, 0.29) is 23.0 Å². The van der Waals surface area contributed by atoms with Crippen molar-refractivity contribution in [2.24, 2.45) is 0 Å². The molecule has 0 saturated carbocycles. The third kappa shape index (κ3) is 5.72. The maximum atomic E-state index is 12.5. The number of phenols is 1. The minimum atomic E-state index is -2.11. The van der Waals surface area contributed by atoms with Crippen molar-refractivity contribution < 1.29 is 39.8 Å². The van der Waals surface area contributed by atoms with Crippen LogP contribution < -0.4 is 16.3 Å². The predicted molar refractivity (Wildman–Crippen MR) is 103 cm³/mol. The number of amides is 2. The Morgan fingerprint density at radius 3 is 2.29 bits per heavy atom. The predicted octanol–water partition coefficient (Wildman–Crippen LogP) is -1.27. The summed E-state index contributed by atoms with van der Waals surface area (Å²) >= 11 is 0. The van der Waals surface area contributed by atoms with Crippen molar-refractivity contribution in [2.75, 3.05) is 0 Å². The monoisotopic (exact) mass is 434 g/mol. The van der Waals surface area contributed by atoms with Gasteiger partial charge in [0.25, 0.3) is 17.5 Å². The highest BCUT2D eigenvalue weighted by Gasteiger charge is 2.26. The number of benzene rings is 2. The number of aromatic hydroxyl groups is 1. The molecule has 0 aromatic heterocycles. The van der Waals surface area contributed by atoms with Crippen molar-refractivity contribution >= 4 is 35.8 Å². The number of carbonyl (C=O) groups excluding carboxylic acids is 2. The summed E-state index contributed by atoms with van der Waals surface area (Å²) < 4.78 is 0. The summed E-state index contributed by atoms with van der Waals surface area (Å²) in [6.07, 6.45) is -0.357. The van der Waals surface area contributed by atoms with E-state index < -0.39 is 51.9 Å². The summed E-state index contributed by atoms with van der Waals surface area (Å²) in [4.78, 5) is 44.8. The van der Waals surface area contributed by atoms with E-state index in [1.807, 2.05) is 0 Å². The molecule has 0 unspecified atom stereocenters. The van der Waals surface area contributed by atoms with Gasteiger partial charge in [-0.3, -0.25) is 35.0 Å². The summed E-state index contributed by atoms with van der Waals surface area (Å²) in [7, 11) is -2.11. The van der Waals surface area contributed by atoms with Gasteiger partial charge in [0.15, 0.2) is 5.75 Å². The number of hydrogen-bond acceptors (Lipinski definition) is 10. The fraction of sp³-hybridized carbons (Fsp3) is 0.125. The molecule has 0 saturated heterocycles. The third-order valence-electron chi connectivity index (χ3n) is 4.12. The average Bonchev–Trinajstić information content (AvgIpc) is 2.73. The smallest absolute Gasteiger partial charge is 0.488 e. The Hall–Kier alpha value is -4.08. The van der Waals surface area contributed by atoms with Crippen molar-refractivity contribution in [2.45, 2.75) is 12.5 Å². The number of carbonyl (C=O) groups is 2. The van der Waals surface area contributed by atoms with Gasteiger partial charge < -0.3 is 20.5 Å². The molecule has 15 heteroatoms. The van der Waals surface area contributed by atoms with Gasteiger partial charge in [-0.2, -0.15) is 0 Å². The highest BCUT2D eigenvalue weighted by Crippen LogP contribution is 2.26. The van der Waals surface area contributed by atoms with Gasteiger partial charge in [0.1, 0.15) is 6.04 Å². The molecule has 162 valence electrons. The first-order valence-corrected chi connectivity index (χ1v) is 8.40. The van der Waals surface area contributed by atoms with Crippen molar-refractivity contribution in [3.05, 3.63) is 67.8 Å². The van der Waals surface area contributed by atoms with Crippen molar-refractivity contribution in [3.8, 4) is 5.75 Å². The summed E-state index contributed by atoms with van der Waals surface area (Å²) in [5, 5.41) is 61.1. The third-order valence-corrected chi connectivity index (χ3v) is 4.12. The van der Waals surface area contributed by atoms with E-state index in [1.165, 1.54) is 11.5 Å². The number of phenolic OH excluding ortho intramolecular Hbond substituents is 1. The van der Waals surface area contributed by atoms with Crippen LogP contribution in [-0.2, 0) is 11.2 Å². The zero-order valence-corrected chi connectivity index (χ0v) is 15.5. The molecule has 2 rings (SSSR count). The van der Waals surface area contributed by atoms with Crippen LogP contribution in [0.15, 0.2) is 36.4 Å². The van der Waals surface area contributed by atoms with Gasteiger partial charge in [0.2, 0.25) is 0 Å². The second-order valence-corrected chi connectivity index (χ2v) is 6.23. The number of non-ortho nitro benzene ring substituents is 1. The normalized spacial score (nSPS) is 11.3. The van der Waals surface area contributed by atoms with Gasteiger partial charge in [-0.1, -0.05) is 6.07 Å². The molecular weight excluding hydrogens is 419 g/mol. The molecule has 14 nitrogen and oxygen atoms in total. The summed E-state index contributed by atoms with van der Waals surface area (Å²) in [5.74, 6) is -2.75. The Balaban J connectivity index is 2.34. The molecule has 0 bridgehead atoms. The van der Waals surface area contributed by atoms with Crippen LogP contribution in [0.1, 0.15) is 15.9 Å². The standard InChI is InChI=1S/C16H15BN4O10/c22-14-2-1-8(4-13(14)21(30)31)3-12(16(24)19-27)18-15(23)9-5-10(17(25)26)7-11(6-9)20(28)29/h1-2,4-7,12,22,25-27H,3H2,(H,18,23)(H,19,24)/t12-/m0/s1. The van der Waals surface area contributed by atoms with Crippen molar-refractivity contribution in [1.29, 1.82) is 0 Å². The molecule has 2 aromatic carbocycles. The topological polar surface area (TPSA) is 225 Å². The van der Waals surface area contributed by atoms with E-state index in [0.29, 0.717) is 0 Å². The summed E-state index contributed by atoms with van der Waals surface area (Å²) in [6, 6.07) is 4.37. The Bertz CT molecular complexity index is 1050. The van der Waals surface area contributed by atoms with Crippen LogP contribution in [0.2, 0.25) is 0 Å². The van der Waals surface area contributed by atoms with E-state index in [4.69, 9.17) is 5.21 Å². The SMILES string of the molecule is O=C(N[C@@H](Cc1ccc(O)c([N+](=O)[O-])c1)C(=O)NO)c1cc(B(O)O)cc([N+](=O)[O-])c1. The lowest BCUT2D eigenvalue weighted by Gasteiger charge is -2.17. The lowest BCUT2D eigenvalue weighted by molar-refractivity contribution is -0.385. The quantitative estimate of drug-likeness (QED) is 0.125. The van der Waals surface area contributed by atoms with E-state index in [2.05, 4.69) is 5.32 Å². The molecule has 31 heavy (non-hydrogen) atoms. The van der Waals surface area contributed by atoms with Crippen LogP contribution in [0.4, 0.5) is 11.4 Å². The molecule has 2 amide bonds. The number of nitrogens with one attached hydrogen (secondary N) is 2. The number of nitro benzene ring substituents is 2. The molecule has 0 heterocycles. The minimum absolute atomic E-state index is 0.143. The zero-order chi connectivity index (χ0) is 23.3. The average molecular weight is 434 g/mol. The van der Waals surface area contributed by atoms with Gasteiger partial charge in [0.05, 0.1) is 9.85 Å². The van der Waals surface area contributed by atoms with Crippen molar-refractivity contribution in [1.82, 2.24) is 10.8 Å². The summed E-state index contributed by atoms with van der Waals surface area (Å²) in [5.41, 5.74) is -0.531. The van der Waals surface area contributed by atoms with Gasteiger partial charge in [-0.25, -0.2) is 5.48 Å². The van der Waals surface area contributed by atoms with Crippen LogP contribution in [0.3, 0.4) is 0 Å². The Kier molecular flexibility index (Phi) is 7.20. The molecule has 6 N–H and O–H groups in total. The fourth-order valence-electron chi connectivity index (χ4n) is 2.63. The first-order valence-electron chi connectivity index (χ1n) is 8.40. The van der Waals surface area contributed by atoms with Crippen LogP contribution in [0, 0.1) is 20.2 Å². The molecule has 0 spiro atoms. The van der Waals surface area contributed by atoms with Crippen molar-refractivity contribution in [3.63, 3.8) is 0 Å². The molecule has 2 aromatic rings. The lowest BCUT2D eigenvalue weighted by Crippen LogP contribution is -2.47. The van der Waals surface area contributed by atoms with E-state index >= 15 is 0 Å². The maximum absolute atomic E-state index is 12.5. The van der Waals surface area contributed by atoms with E-state index in [1.54, 1.807) is 0 Å². The van der Waals surface area contributed by atoms with Crippen LogP contribution in [0.5, 0.6) is 5.75 Å². The first kappa shape index (κ1) is 23.2. The van der Waals surface area contributed by atoms with Gasteiger partial charge in [0, 0.05) is 30.2 Å². The van der Waals surface area contributed by atoms with Gasteiger partial charge in [-0.15, -0.1) is 0 Å². The summed E-state index contributed by atoms with van der Waals surface area (Å²) in [6.45, 7) is 0. The number of nitrogens with zero attached hydrogens (tertiary/aromatic N) is 2. The minimum Gasteiger partial charge on any atom is -0.502 e. The van der Waals surface area contributed by atoms with Crippen LogP contribution in [-0.4, -0.2) is 55.2 Å². The zero-order valence-electron chi connectivity index (χ0n) is 15.5. The largest absolute Gasteiger partial charge is 0.502 e. The second kappa shape index (κ2) is 9.62. The first-order chi connectivity index (χ1) is 14.5. The Morgan fingerprint density at radius 1 is 1.06 bits per heavy atom. The molecule has 0 radical (unpaired) electrons. The molecule has 0 aliphatic rings. The lowest BCUT2D eigenvalue weighted by atomic mass is 9.79. The van der Waals surface area contributed by atoms with Gasteiger partial charge >= 0.3 is 12.8 Å². The number of rotatable bonds is 8. The molecule has 1 atom stereocenters. The molecule has 0 aliphatic carbocycles.